The lowest BCUT2D eigenvalue weighted by Gasteiger charge is -2.39. The largest absolute Gasteiger partial charge is 0.480 e. The van der Waals surface area contributed by atoms with Crippen molar-refractivity contribution in [2.24, 2.45) is 0 Å². The molecule has 110 valence electrons. The summed E-state index contributed by atoms with van der Waals surface area (Å²) in [6, 6.07) is 3.92. The molecular weight excluding hydrogens is 252 g/mol. The molecule has 4 nitrogen and oxygen atoms in total. The maximum absolute atomic E-state index is 11.5. The Balaban J connectivity index is 2.22. The quantitative estimate of drug-likeness (QED) is 0.866. The van der Waals surface area contributed by atoms with Crippen molar-refractivity contribution in [1.82, 2.24) is 9.88 Å². The molecule has 1 aliphatic heterocycles. The van der Waals surface area contributed by atoms with Gasteiger partial charge in [0.05, 0.1) is 0 Å². The molecule has 2 atom stereocenters. The molecular formula is C16H24N2O2. The highest BCUT2D eigenvalue weighted by molar-refractivity contribution is 5.73. The van der Waals surface area contributed by atoms with Crippen LogP contribution in [0.2, 0.25) is 0 Å². The van der Waals surface area contributed by atoms with E-state index in [1.807, 2.05) is 12.1 Å². The highest BCUT2D eigenvalue weighted by atomic mass is 16.4. The van der Waals surface area contributed by atoms with Crippen molar-refractivity contribution >= 4 is 5.97 Å². The van der Waals surface area contributed by atoms with E-state index in [9.17, 15) is 9.90 Å². The summed E-state index contributed by atoms with van der Waals surface area (Å²) >= 11 is 0. The van der Waals surface area contributed by atoms with Crippen LogP contribution >= 0.6 is 0 Å². The minimum atomic E-state index is -0.680. The first-order chi connectivity index (χ1) is 9.74. The molecule has 0 amide bonds. The van der Waals surface area contributed by atoms with Gasteiger partial charge in [-0.3, -0.25) is 14.7 Å². The number of aliphatic carboxylic acids is 1. The van der Waals surface area contributed by atoms with Gasteiger partial charge in [-0.2, -0.15) is 0 Å². The Bertz CT molecular complexity index is 422. The van der Waals surface area contributed by atoms with Gasteiger partial charge in [-0.15, -0.1) is 0 Å². The fraction of sp³-hybridized carbons (Fsp3) is 0.625. The van der Waals surface area contributed by atoms with Gasteiger partial charge < -0.3 is 5.11 Å². The number of pyridine rings is 1. The first-order valence-corrected chi connectivity index (χ1v) is 7.62. The topological polar surface area (TPSA) is 53.4 Å². The van der Waals surface area contributed by atoms with E-state index in [4.69, 9.17) is 0 Å². The Morgan fingerprint density at radius 3 is 2.85 bits per heavy atom. The Labute approximate surface area is 120 Å². The minimum absolute atomic E-state index is 0.208. The Morgan fingerprint density at radius 2 is 2.20 bits per heavy atom. The van der Waals surface area contributed by atoms with Gasteiger partial charge in [0.1, 0.15) is 6.04 Å². The summed E-state index contributed by atoms with van der Waals surface area (Å²) in [7, 11) is 0. The monoisotopic (exact) mass is 276 g/mol. The second-order valence-electron chi connectivity index (χ2n) is 5.53. The zero-order valence-corrected chi connectivity index (χ0v) is 12.2. The molecule has 0 radical (unpaired) electrons. The number of carboxylic acids is 1. The number of rotatable bonds is 6. The van der Waals surface area contributed by atoms with Crippen molar-refractivity contribution in [1.29, 1.82) is 0 Å². The van der Waals surface area contributed by atoms with E-state index in [1.165, 1.54) is 5.56 Å². The summed E-state index contributed by atoms with van der Waals surface area (Å²) in [5, 5.41) is 9.48. The second kappa shape index (κ2) is 7.39. The van der Waals surface area contributed by atoms with Crippen LogP contribution in [0.5, 0.6) is 0 Å². The molecule has 0 aromatic carbocycles. The second-order valence-corrected chi connectivity index (χ2v) is 5.53. The molecule has 1 N–H and O–H groups in total. The van der Waals surface area contributed by atoms with Gasteiger partial charge in [-0.25, -0.2) is 0 Å². The van der Waals surface area contributed by atoms with Gasteiger partial charge in [0.25, 0.3) is 0 Å². The number of aromatic nitrogens is 1. The number of nitrogens with zero attached hydrogens (tertiary/aromatic N) is 2. The average Bonchev–Trinajstić information content (AvgIpc) is 2.49. The molecule has 20 heavy (non-hydrogen) atoms. The molecule has 0 aliphatic carbocycles. The van der Waals surface area contributed by atoms with E-state index in [1.54, 1.807) is 12.4 Å². The van der Waals surface area contributed by atoms with E-state index in [0.717, 1.165) is 45.1 Å². The number of carboxylic acid groups (broad SMARTS) is 1. The van der Waals surface area contributed by atoms with Crippen LogP contribution in [0.4, 0.5) is 0 Å². The molecule has 1 aliphatic rings. The zero-order valence-electron chi connectivity index (χ0n) is 12.2. The zero-order chi connectivity index (χ0) is 14.4. The molecule has 4 heteroatoms. The number of hydrogen-bond acceptors (Lipinski definition) is 3. The van der Waals surface area contributed by atoms with Crippen LogP contribution in [0.15, 0.2) is 24.5 Å². The standard InChI is InChI=1S/C16H24N2O2/c1-2-3-6-14(13-8-10-17-11-9-13)18-12-5-4-7-15(18)16(19)20/h8-11,14-15H,2-7,12H2,1H3,(H,19,20). The molecule has 0 spiro atoms. The van der Waals surface area contributed by atoms with Crippen molar-refractivity contribution in [2.75, 3.05) is 6.54 Å². The van der Waals surface area contributed by atoms with E-state index < -0.39 is 5.97 Å². The number of carbonyl (C=O) groups is 1. The normalized spacial score (nSPS) is 21.6. The van der Waals surface area contributed by atoms with E-state index >= 15 is 0 Å². The number of unbranched alkanes of at least 4 members (excludes halogenated alkanes) is 1. The summed E-state index contributed by atoms with van der Waals surface area (Å²) in [6.07, 6.45) is 9.75. The van der Waals surface area contributed by atoms with Crippen LogP contribution in [-0.2, 0) is 4.79 Å². The lowest BCUT2D eigenvalue weighted by molar-refractivity contribution is -0.146. The van der Waals surface area contributed by atoms with Crippen molar-refractivity contribution in [3.63, 3.8) is 0 Å². The third kappa shape index (κ3) is 3.57. The van der Waals surface area contributed by atoms with Crippen LogP contribution in [0.1, 0.15) is 57.1 Å². The Hall–Kier alpha value is -1.42. The van der Waals surface area contributed by atoms with Crippen molar-refractivity contribution in [3.05, 3.63) is 30.1 Å². The smallest absolute Gasteiger partial charge is 0.320 e. The summed E-state index contributed by atoms with van der Waals surface area (Å²) in [6.45, 7) is 3.06. The average molecular weight is 276 g/mol. The lowest BCUT2D eigenvalue weighted by Crippen LogP contribution is -2.46. The molecule has 2 heterocycles. The predicted molar refractivity (Wildman–Crippen MR) is 78.5 cm³/mol. The molecule has 0 bridgehead atoms. The molecule has 2 unspecified atom stereocenters. The minimum Gasteiger partial charge on any atom is -0.480 e. The van der Waals surface area contributed by atoms with Crippen molar-refractivity contribution < 1.29 is 9.90 Å². The summed E-state index contributed by atoms with van der Waals surface area (Å²) < 4.78 is 0. The van der Waals surface area contributed by atoms with Crippen molar-refractivity contribution in [3.8, 4) is 0 Å². The van der Waals surface area contributed by atoms with Gasteiger partial charge in [-0.1, -0.05) is 26.2 Å². The molecule has 1 aromatic heterocycles. The van der Waals surface area contributed by atoms with Crippen LogP contribution in [0, 0.1) is 0 Å². The lowest BCUT2D eigenvalue weighted by atomic mass is 9.94. The van der Waals surface area contributed by atoms with Crippen LogP contribution in [-0.4, -0.2) is 33.5 Å². The van der Waals surface area contributed by atoms with Crippen LogP contribution in [0.3, 0.4) is 0 Å². The van der Waals surface area contributed by atoms with E-state index in [0.29, 0.717) is 0 Å². The van der Waals surface area contributed by atoms with Crippen molar-refractivity contribution in [2.45, 2.75) is 57.5 Å². The van der Waals surface area contributed by atoms with Crippen LogP contribution < -0.4 is 0 Å². The Kier molecular flexibility index (Phi) is 5.53. The molecule has 2 rings (SSSR count). The first-order valence-electron chi connectivity index (χ1n) is 7.62. The van der Waals surface area contributed by atoms with Gasteiger partial charge in [0.15, 0.2) is 0 Å². The van der Waals surface area contributed by atoms with Gasteiger partial charge in [0.2, 0.25) is 0 Å². The van der Waals surface area contributed by atoms with Gasteiger partial charge >= 0.3 is 5.97 Å². The molecule has 1 fully saturated rings. The fourth-order valence-electron chi connectivity index (χ4n) is 3.10. The summed E-state index contributed by atoms with van der Waals surface area (Å²) in [4.78, 5) is 17.8. The Morgan fingerprint density at radius 1 is 1.45 bits per heavy atom. The van der Waals surface area contributed by atoms with Gasteiger partial charge in [-0.05, 0) is 43.5 Å². The molecule has 1 saturated heterocycles. The maximum Gasteiger partial charge on any atom is 0.320 e. The first kappa shape index (κ1) is 15.0. The predicted octanol–water partition coefficient (Wildman–Crippen LogP) is 3.25. The molecule has 0 saturated carbocycles. The highest BCUT2D eigenvalue weighted by Gasteiger charge is 2.33. The van der Waals surface area contributed by atoms with E-state index in [-0.39, 0.29) is 12.1 Å². The highest BCUT2D eigenvalue weighted by Crippen LogP contribution is 2.32. The maximum atomic E-state index is 11.5. The summed E-state index contributed by atoms with van der Waals surface area (Å²) in [5.41, 5.74) is 1.20. The van der Waals surface area contributed by atoms with Crippen LogP contribution in [0.25, 0.3) is 0 Å². The number of likely N-dealkylation sites (tertiary alicyclic amines) is 1. The fourth-order valence-corrected chi connectivity index (χ4v) is 3.10. The third-order valence-corrected chi connectivity index (χ3v) is 4.15. The van der Waals surface area contributed by atoms with Gasteiger partial charge in [0, 0.05) is 18.4 Å². The molecule has 1 aromatic rings. The third-order valence-electron chi connectivity index (χ3n) is 4.15. The SMILES string of the molecule is CCCCC(c1ccncc1)N1CCCCC1C(=O)O. The summed E-state index contributed by atoms with van der Waals surface area (Å²) in [5.74, 6) is -0.680. The number of piperidine rings is 1. The van der Waals surface area contributed by atoms with E-state index in [2.05, 4.69) is 16.8 Å². The number of hydrogen-bond donors (Lipinski definition) is 1.